The highest BCUT2D eigenvalue weighted by Gasteiger charge is 2.31. The molecule has 194 valence electrons. The van der Waals surface area contributed by atoms with Crippen molar-refractivity contribution in [3.63, 3.8) is 0 Å². The highest BCUT2D eigenvalue weighted by atomic mass is 19.1. The van der Waals surface area contributed by atoms with Crippen molar-refractivity contribution in [2.45, 2.75) is 25.6 Å². The molecule has 3 aromatic heterocycles. The molecule has 0 fully saturated rings. The van der Waals surface area contributed by atoms with E-state index in [1.807, 2.05) is 6.07 Å². The molecule has 1 aromatic carbocycles. The number of carbonyl (C=O) groups is 2. The molecule has 3 heterocycles. The summed E-state index contributed by atoms with van der Waals surface area (Å²) in [6.45, 7) is 2.35. The van der Waals surface area contributed by atoms with Crippen molar-refractivity contribution in [1.29, 1.82) is 5.26 Å². The molecule has 0 aliphatic heterocycles. The fourth-order valence-corrected chi connectivity index (χ4v) is 3.92. The average Bonchev–Trinajstić information content (AvgIpc) is 3.33. The summed E-state index contributed by atoms with van der Waals surface area (Å²) in [5, 5.41) is 26.4. The third kappa shape index (κ3) is 5.00. The van der Waals surface area contributed by atoms with E-state index in [1.54, 1.807) is 18.2 Å². The highest BCUT2D eigenvalue weighted by molar-refractivity contribution is 6.04. The summed E-state index contributed by atoms with van der Waals surface area (Å²) >= 11 is 0. The van der Waals surface area contributed by atoms with E-state index < -0.39 is 17.7 Å². The number of fused-ring (bicyclic) bond motifs is 1. The lowest BCUT2D eigenvalue weighted by Crippen LogP contribution is -2.41. The molecule has 0 bridgehead atoms. The van der Waals surface area contributed by atoms with Gasteiger partial charge in [0.25, 0.3) is 11.8 Å². The lowest BCUT2D eigenvalue weighted by atomic mass is 9.98. The number of benzene rings is 1. The van der Waals surface area contributed by atoms with Gasteiger partial charge in [-0.15, -0.1) is 0 Å². The monoisotopic (exact) mass is 516 g/mol. The Morgan fingerprint density at radius 3 is 2.66 bits per heavy atom. The molecule has 2 amide bonds. The quantitative estimate of drug-likeness (QED) is 0.321. The number of rotatable bonds is 8. The van der Waals surface area contributed by atoms with Gasteiger partial charge in [-0.3, -0.25) is 14.6 Å². The van der Waals surface area contributed by atoms with Crippen molar-refractivity contribution < 1.29 is 19.1 Å². The van der Waals surface area contributed by atoms with Gasteiger partial charge >= 0.3 is 0 Å². The fourth-order valence-electron chi connectivity index (χ4n) is 3.92. The van der Waals surface area contributed by atoms with Gasteiger partial charge in [0.05, 0.1) is 41.4 Å². The maximum atomic E-state index is 15.2. The van der Waals surface area contributed by atoms with Crippen LogP contribution in [0.25, 0.3) is 16.8 Å². The second-order valence-electron chi connectivity index (χ2n) is 9.08. The molecule has 4 aromatic rings. The van der Waals surface area contributed by atoms with Crippen molar-refractivity contribution >= 4 is 28.8 Å². The first-order valence-corrected chi connectivity index (χ1v) is 11.5. The molecule has 0 radical (unpaired) electrons. The number of aromatic nitrogens is 4. The number of nitriles is 1. The van der Waals surface area contributed by atoms with Crippen LogP contribution in [-0.4, -0.2) is 61.9 Å². The maximum absolute atomic E-state index is 15.2. The van der Waals surface area contributed by atoms with Gasteiger partial charge in [0.1, 0.15) is 12.2 Å². The number of nitrogens with one attached hydrogen (secondary N) is 1. The molecule has 0 spiro atoms. The predicted octanol–water partition coefficient (Wildman–Crippen LogP) is 2.37. The van der Waals surface area contributed by atoms with Crippen molar-refractivity contribution in [3.05, 3.63) is 71.9 Å². The lowest BCUT2D eigenvalue weighted by molar-refractivity contribution is 0.00145. The Morgan fingerprint density at radius 2 is 2.00 bits per heavy atom. The molecule has 11 nitrogen and oxygen atoms in total. The minimum atomic E-state index is -1.73. The van der Waals surface area contributed by atoms with Gasteiger partial charge in [-0.25, -0.2) is 13.9 Å². The SMILES string of the molecule is CNC(=O)c1ccc(N(C[C@@H](F)C(C)(C)O)c2ccncc2C(N)=O)cc1-c1cnn2cc(C#N)cnc12. The third-order valence-electron chi connectivity index (χ3n) is 6.03. The normalized spacial score (nSPS) is 12.1. The van der Waals surface area contributed by atoms with E-state index in [0.29, 0.717) is 33.6 Å². The van der Waals surface area contributed by atoms with E-state index in [0.717, 1.165) is 0 Å². The summed E-state index contributed by atoms with van der Waals surface area (Å²) in [7, 11) is 1.49. The molecule has 4 rings (SSSR count). The van der Waals surface area contributed by atoms with Crippen molar-refractivity contribution in [2.75, 3.05) is 18.5 Å². The van der Waals surface area contributed by atoms with E-state index in [9.17, 15) is 20.0 Å². The zero-order valence-electron chi connectivity index (χ0n) is 20.9. The molecular weight excluding hydrogens is 491 g/mol. The standard InChI is InChI=1S/C26H25FN8O3/c1-26(2,38)22(27)14-34(21-6-7-31-11-20(21)23(29)36)16-4-5-17(25(37)30-3)18(8-16)19-12-33-35-13-15(9-28)10-32-24(19)35/h4-8,10-13,22,38H,14H2,1-3H3,(H2,29,36)(H,30,37)/t22-/m1/s1. The van der Waals surface area contributed by atoms with Gasteiger partial charge in [0, 0.05) is 48.0 Å². The molecule has 0 aliphatic rings. The second-order valence-corrected chi connectivity index (χ2v) is 9.08. The molecule has 1 atom stereocenters. The summed E-state index contributed by atoms with van der Waals surface area (Å²) in [6, 6.07) is 8.32. The topological polar surface area (TPSA) is 163 Å². The molecule has 12 heteroatoms. The van der Waals surface area contributed by atoms with Crippen molar-refractivity contribution in [2.24, 2.45) is 5.73 Å². The second kappa shape index (κ2) is 10.2. The van der Waals surface area contributed by atoms with Crippen LogP contribution in [0.5, 0.6) is 0 Å². The van der Waals surface area contributed by atoms with E-state index in [2.05, 4.69) is 20.4 Å². The summed E-state index contributed by atoms with van der Waals surface area (Å²) in [6.07, 6.45) is 5.40. The van der Waals surface area contributed by atoms with Crippen LogP contribution in [0.3, 0.4) is 0 Å². The Labute approximate surface area is 217 Å². The molecule has 0 saturated carbocycles. The number of nitrogens with two attached hydrogens (primary N) is 1. The average molecular weight is 517 g/mol. The number of halogens is 1. The Hall–Kier alpha value is -4.89. The van der Waals surface area contributed by atoms with Crippen molar-refractivity contribution in [3.8, 4) is 17.2 Å². The zero-order valence-corrected chi connectivity index (χ0v) is 20.9. The Morgan fingerprint density at radius 1 is 1.24 bits per heavy atom. The first kappa shape index (κ1) is 26.2. The highest BCUT2D eigenvalue weighted by Crippen LogP contribution is 2.36. The Balaban J connectivity index is 1.95. The molecule has 0 aliphatic carbocycles. The van der Waals surface area contributed by atoms with Crippen LogP contribution in [0.4, 0.5) is 15.8 Å². The Bertz CT molecular complexity index is 1570. The smallest absolute Gasteiger partial charge is 0.252 e. The number of alkyl halides is 1. The molecular formula is C26H25FN8O3. The zero-order chi connectivity index (χ0) is 27.6. The molecule has 0 unspecified atom stereocenters. The number of hydrogen-bond acceptors (Lipinski definition) is 8. The van der Waals surface area contributed by atoms with Crippen LogP contribution < -0.4 is 16.0 Å². The van der Waals surface area contributed by atoms with Gasteiger partial charge in [0.15, 0.2) is 5.65 Å². The number of primary amides is 1. The number of hydrogen-bond donors (Lipinski definition) is 3. The van der Waals surface area contributed by atoms with E-state index in [-0.39, 0.29) is 23.7 Å². The first-order chi connectivity index (χ1) is 18.0. The van der Waals surface area contributed by atoms with Gasteiger partial charge in [-0.2, -0.15) is 10.4 Å². The van der Waals surface area contributed by atoms with Crippen LogP contribution in [-0.2, 0) is 0 Å². The molecule has 4 N–H and O–H groups in total. The largest absolute Gasteiger partial charge is 0.387 e. The van der Waals surface area contributed by atoms with Crippen LogP contribution in [0.15, 0.2) is 55.2 Å². The summed E-state index contributed by atoms with van der Waals surface area (Å²) in [5.41, 5.74) is 6.51. The van der Waals surface area contributed by atoms with Crippen LogP contribution in [0.2, 0.25) is 0 Å². The van der Waals surface area contributed by atoms with Gasteiger partial charge < -0.3 is 21.1 Å². The van der Waals surface area contributed by atoms with Gasteiger partial charge in [-0.1, -0.05) is 0 Å². The number of anilines is 2. The van der Waals surface area contributed by atoms with Crippen LogP contribution >= 0.6 is 0 Å². The van der Waals surface area contributed by atoms with Gasteiger partial charge in [0.2, 0.25) is 0 Å². The van der Waals surface area contributed by atoms with E-state index >= 15 is 4.39 Å². The Kier molecular flexibility index (Phi) is 7.05. The van der Waals surface area contributed by atoms with E-state index in [4.69, 9.17) is 5.73 Å². The van der Waals surface area contributed by atoms with Crippen molar-refractivity contribution in [1.82, 2.24) is 24.9 Å². The maximum Gasteiger partial charge on any atom is 0.252 e. The number of pyridine rings is 1. The lowest BCUT2D eigenvalue weighted by Gasteiger charge is -2.32. The number of amides is 2. The van der Waals surface area contributed by atoms with E-state index in [1.165, 1.54) is 67.4 Å². The predicted molar refractivity (Wildman–Crippen MR) is 137 cm³/mol. The minimum absolute atomic E-state index is 0.0501. The number of nitrogens with zero attached hydrogens (tertiary/aromatic N) is 6. The first-order valence-electron chi connectivity index (χ1n) is 11.5. The summed E-state index contributed by atoms with van der Waals surface area (Å²) < 4.78 is 16.7. The van der Waals surface area contributed by atoms with Crippen LogP contribution in [0, 0.1) is 11.3 Å². The molecule has 0 saturated heterocycles. The van der Waals surface area contributed by atoms with Crippen LogP contribution in [0.1, 0.15) is 40.1 Å². The third-order valence-corrected chi connectivity index (χ3v) is 6.03. The summed E-state index contributed by atoms with van der Waals surface area (Å²) in [4.78, 5) is 34.8. The number of carbonyl (C=O) groups excluding carboxylic acids is 2. The number of aliphatic hydroxyl groups is 1. The van der Waals surface area contributed by atoms with Gasteiger partial charge in [-0.05, 0) is 38.1 Å². The molecule has 38 heavy (non-hydrogen) atoms. The fraction of sp³-hybridized carbons (Fsp3) is 0.231. The minimum Gasteiger partial charge on any atom is -0.387 e. The summed E-state index contributed by atoms with van der Waals surface area (Å²) in [5.74, 6) is -1.15.